The van der Waals surface area contributed by atoms with E-state index in [2.05, 4.69) is 0 Å². The lowest BCUT2D eigenvalue weighted by Gasteiger charge is -2.16. The van der Waals surface area contributed by atoms with Gasteiger partial charge in [0.1, 0.15) is 11.6 Å². The monoisotopic (exact) mass is 336 g/mol. The van der Waals surface area contributed by atoms with Crippen molar-refractivity contribution in [2.24, 2.45) is 10.8 Å². The van der Waals surface area contributed by atoms with Gasteiger partial charge in [-0.05, 0) is 25.7 Å². The molecule has 4 heteroatoms. The van der Waals surface area contributed by atoms with Crippen molar-refractivity contribution in [1.82, 2.24) is 0 Å². The van der Waals surface area contributed by atoms with Crippen LogP contribution in [0.4, 0.5) is 0 Å². The number of hydrogen-bond acceptors (Lipinski definition) is 3. The van der Waals surface area contributed by atoms with Crippen LogP contribution in [0, 0.1) is 10.8 Å². The molecular formula is C20H37BO3. The van der Waals surface area contributed by atoms with Crippen molar-refractivity contribution in [3.63, 3.8) is 0 Å². The van der Waals surface area contributed by atoms with Gasteiger partial charge >= 0.3 is 0 Å². The Hall–Kier alpha value is -0.925. The SMILES string of the molecule is CC(C)(C)C(=O)CCCCCBC(=O)CCCCC(=O)C(C)(C)C. The molecule has 0 amide bonds. The van der Waals surface area contributed by atoms with Crippen molar-refractivity contribution in [3.05, 3.63) is 0 Å². The molecule has 0 unspecified atom stereocenters. The molecule has 0 bridgehead atoms. The lowest BCUT2D eigenvalue weighted by molar-refractivity contribution is -0.127. The van der Waals surface area contributed by atoms with E-state index >= 15 is 0 Å². The van der Waals surface area contributed by atoms with Gasteiger partial charge in [-0.3, -0.25) is 9.59 Å². The summed E-state index contributed by atoms with van der Waals surface area (Å²) in [5, 5.41) is 0. The molecule has 0 aromatic heterocycles. The molecule has 24 heavy (non-hydrogen) atoms. The van der Waals surface area contributed by atoms with Crippen LogP contribution in [-0.4, -0.2) is 24.5 Å². The molecule has 0 saturated heterocycles. The maximum atomic E-state index is 11.8. The molecule has 0 N–H and O–H groups in total. The van der Waals surface area contributed by atoms with Crippen molar-refractivity contribution in [3.8, 4) is 0 Å². The number of unbranched alkanes of at least 4 members (excludes halogenated alkanes) is 3. The molecule has 0 aromatic rings. The van der Waals surface area contributed by atoms with Crippen LogP contribution in [0.15, 0.2) is 0 Å². The summed E-state index contributed by atoms with van der Waals surface area (Å²) in [5.74, 6) is 0.600. The average Bonchev–Trinajstić information content (AvgIpc) is 2.44. The molecule has 0 aliphatic heterocycles. The Morgan fingerprint density at radius 1 is 0.625 bits per heavy atom. The van der Waals surface area contributed by atoms with Crippen LogP contribution in [0.3, 0.4) is 0 Å². The molecule has 0 saturated carbocycles. The molecule has 0 fully saturated rings. The first-order valence-electron chi connectivity index (χ1n) is 9.53. The lowest BCUT2D eigenvalue weighted by atomic mass is 9.67. The second-order valence-electron chi connectivity index (χ2n) is 9.01. The number of Topliss-reactive ketones (excluding diaryl/α,β-unsaturated/α-hetero) is 2. The first-order chi connectivity index (χ1) is 10.9. The van der Waals surface area contributed by atoms with Crippen molar-refractivity contribution < 1.29 is 14.4 Å². The highest BCUT2D eigenvalue weighted by Crippen LogP contribution is 2.19. The lowest BCUT2D eigenvalue weighted by Crippen LogP contribution is -2.19. The summed E-state index contributed by atoms with van der Waals surface area (Å²) < 4.78 is 0. The van der Waals surface area contributed by atoms with Gasteiger partial charge in [0.15, 0.2) is 0 Å². The van der Waals surface area contributed by atoms with Crippen LogP contribution >= 0.6 is 0 Å². The van der Waals surface area contributed by atoms with Crippen molar-refractivity contribution >= 4 is 24.5 Å². The first-order valence-corrected chi connectivity index (χ1v) is 9.53. The molecule has 0 aromatic carbocycles. The molecule has 3 nitrogen and oxygen atoms in total. The third kappa shape index (κ3) is 11.6. The second kappa shape index (κ2) is 10.8. The zero-order valence-corrected chi connectivity index (χ0v) is 16.8. The third-order valence-electron chi connectivity index (χ3n) is 4.39. The molecular weight excluding hydrogens is 299 g/mol. The maximum Gasteiger partial charge on any atom is 0.205 e. The Bertz CT molecular complexity index is 414. The van der Waals surface area contributed by atoms with E-state index in [4.69, 9.17) is 0 Å². The van der Waals surface area contributed by atoms with E-state index in [1.165, 1.54) is 0 Å². The van der Waals surface area contributed by atoms with Gasteiger partial charge in [0.25, 0.3) is 0 Å². The average molecular weight is 336 g/mol. The standard InChI is InChI=1S/C20H37BO3/c1-19(2,3)16(22)12-8-7-11-15-21-18(24)14-10-9-13-17(23)20(4,5)6/h21H,7-15H2,1-6H3. The van der Waals surface area contributed by atoms with Crippen LogP contribution in [-0.2, 0) is 14.4 Å². The van der Waals surface area contributed by atoms with Crippen molar-refractivity contribution in [1.29, 1.82) is 0 Å². The normalized spacial score (nSPS) is 12.1. The fraction of sp³-hybridized carbons (Fsp3) is 0.850. The minimum absolute atomic E-state index is 0.232. The topological polar surface area (TPSA) is 51.2 Å². The molecule has 0 aliphatic carbocycles. The zero-order chi connectivity index (χ0) is 18.8. The Balaban J connectivity index is 3.58. The van der Waals surface area contributed by atoms with Gasteiger partial charge in [0, 0.05) is 23.7 Å². The van der Waals surface area contributed by atoms with Gasteiger partial charge in [-0.15, -0.1) is 0 Å². The summed E-state index contributed by atoms with van der Waals surface area (Å²) >= 11 is 0. The van der Waals surface area contributed by atoms with Crippen molar-refractivity contribution in [2.45, 2.75) is 99.2 Å². The highest BCUT2D eigenvalue weighted by molar-refractivity contribution is 6.73. The Labute approximate surface area is 149 Å². The van der Waals surface area contributed by atoms with Crippen LogP contribution in [0.25, 0.3) is 0 Å². The minimum Gasteiger partial charge on any atom is -0.312 e. The molecule has 0 aliphatic rings. The predicted octanol–water partition coefficient (Wildman–Crippen LogP) is 4.72. The van der Waals surface area contributed by atoms with Crippen molar-refractivity contribution in [2.75, 3.05) is 0 Å². The molecule has 0 radical (unpaired) electrons. The van der Waals surface area contributed by atoms with E-state index < -0.39 is 0 Å². The zero-order valence-electron chi connectivity index (χ0n) is 16.8. The second-order valence-corrected chi connectivity index (χ2v) is 9.01. The first kappa shape index (κ1) is 23.1. The van der Waals surface area contributed by atoms with Gasteiger partial charge in [-0.2, -0.15) is 0 Å². The minimum atomic E-state index is -0.265. The summed E-state index contributed by atoms with van der Waals surface area (Å²) in [6.07, 6.45) is 7.36. The quantitative estimate of drug-likeness (QED) is 0.383. The van der Waals surface area contributed by atoms with Crippen LogP contribution in [0.1, 0.15) is 92.9 Å². The number of carbonyl (C=O) groups is 3. The predicted molar refractivity (Wildman–Crippen MR) is 103 cm³/mol. The van der Waals surface area contributed by atoms with Crippen LogP contribution in [0.5, 0.6) is 0 Å². The molecule has 0 heterocycles. The number of carbonyl (C=O) groups excluding carboxylic acids is 3. The largest absolute Gasteiger partial charge is 0.312 e. The van der Waals surface area contributed by atoms with Gasteiger partial charge in [-0.25, -0.2) is 0 Å². The number of hydrogen-bond donors (Lipinski definition) is 0. The molecule has 0 spiro atoms. The Morgan fingerprint density at radius 3 is 1.50 bits per heavy atom. The van der Waals surface area contributed by atoms with E-state index in [-0.39, 0.29) is 16.6 Å². The molecule has 0 atom stereocenters. The van der Waals surface area contributed by atoms with Gasteiger partial charge < -0.3 is 4.79 Å². The van der Waals surface area contributed by atoms with Gasteiger partial charge in [0.05, 0.1) is 5.68 Å². The van der Waals surface area contributed by atoms with Gasteiger partial charge in [0.2, 0.25) is 7.28 Å². The van der Waals surface area contributed by atoms with Gasteiger partial charge in [-0.1, -0.05) is 60.7 Å². The third-order valence-corrected chi connectivity index (χ3v) is 4.39. The number of ketones is 2. The van der Waals surface area contributed by atoms with E-state index in [1.807, 2.05) is 41.5 Å². The van der Waals surface area contributed by atoms with E-state index in [1.54, 1.807) is 0 Å². The number of rotatable bonds is 12. The van der Waals surface area contributed by atoms with E-state index in [9.17, 15) is 14.4 Å². The summed E-state index contributed by atoms with van der Waals surface area (Å²) in [5.41, 5.74) is -0.188. The van der Waals surface area contributed by atoms with E-state index in [0.717, 1.165) is 38.4 Å². The molecule has 0 rings (SSSR count). The fourth-order valence-corrected chi connectivity index (χ4v) is 2.44. The summed E-state index contributed by atoms with van der Waals surface area (Å²) in [6.45, 7) is 11.7. The fourth-order valence-electron chi connectivity index (χ4n) is 2.44. The van der Waals surface area contributed by atoms with Crippen LogP contribution < -0.4 is 0 Å². The maximum absolute atomic E-state index is 11.8. The molecule has 138 valence electrons. The smallest absolute Gasteiger partial charge is 0.205 e. The van der Waals surface area contributed by atoms with Crippen LogP contribution in [0.2, 0.25) is 6.32 Å². The summed E-state index contributed by atoms with van der Waals surface area (Å²) in [7, 11) is 0.639. The highest BCUT2D eigenvalue weighted by Gasteiger charge is 2.20. The summed E-state index contributed by atoms with van der Waals surface area (Å²) in [4.78, 5) is 35.4. The summed E-state index contributed by atoms with van der Waals surface area (Å²) in [6, 6.07) is 0. The Kier molecular flexibility index (Phi) is 10.4. The van der Waals surface area contributed by atoms with E-state index in [0.29, 0.717) is 38.0 Å². The highest BCUT2D eigenvalue weighted by atomic mass is 16.1. The Morgan fingerprint density at radius 2 is 1.04 bits per heavy atom.